The summed E-state index contributed by atoms with van der Waals surface area (Å²) in [6.07, 6.45) is 0. The van der Waals surface area contributed by atoms with Gasteiger partial charge in [0.05, 0.1) is 16.8 Å². The second kappa shape index (κ2) is 6.32. The molecule has 1 aliphatic rings. The molecule has 3 rings (SSSR count). The summed E-state index contributed by atoms with van der Waals surface area (Å²) in [7, 11) is 0. The highest BCUT2D eigenvalue weighted by molar-refractivity contribution is 7.99. The Morgan fingerprint density at radius 2 is 1.46 bits per heavy atom. The van der Waals surface area contributed by atoms with Crippen LogP contribution in [0.4, 0.5) is 11.4 Å². The summed E-state index contributed by atoms with van der Waals surface area (Å²) in [5.41, 5.74) is 1.00. The number of nitrogens with zero attached hydrogens (tertiary/aromatic N) is 1. The molecule has 0 radical (unpaired) electrons. The van der Waals surface area contributed by atoms with Gasteiger partial charge < -0.3 is 4.74 Å². The number of para-hydroxylation sites is 2. The fourth-order valence-corrected chi connectivity index (χ4v) is 3.44. The van der Waals surface area contributed by atoms with Crippen LogP contribution in [0.5, 0.6) is 0 Å². The van der Waals surface area contributed by atoms with Crippen LogP contribution in [0.3, 0.4) is 0 Å². The second-order valence-electron chi connectivity index (χ2n) is 6.59. The van der Waals surface area contributed by atoms with Crippen LogP contribution in [0.25, 0.3) is 0 Å². The number of fused-ring (bicyclic) bond motifs is 2. The Balaban J connectivity index is 1.90. The lowest BCUT2D eigenvalue weighted by Gasteiger charge is -2.31. The zero-order valence-corrected chi connectivity index (χ0v) is 14.7. The van der Waals surface area contributed by atoms with E-state index in [1.165, 1.54) is 0 Å². The maximum Gasteiger partial charge on any atom is 0.311 e. The molecule has 1 heterocycles. The number of carbonyl (C=O) groups is 2. The van der Waals surface area contributed by atoms with Gasteiger partial charge >= 0.3 is 5.97 Å². The molecule has 124 valence electrons. The lowest BCUT2D eigenvalue weighted by molar-refractivity contribution is -0.155. The second-order valence-corrected chi connectivity index (χ2v) is 7.68. The van der Waals surface area contributed by atoms with Crippen LogP contribution < -0.4 is 4.90 Å². The number of ether oxygens (including phenoxy) is 1. The Labute approximate surface area is 145 Å². The molecular formula is C19H19NO3S. The van der Waals surface area contributed by atoms with Gasteiger partial charge in [-0.2, -0.15) is 0 Å². The number of anilines is 2. The lowest BCUT2D eigenvalue weighted by atomic mass is 9.97. The van der Waals surface area contributed by atoms with E-state index in [0.29, 0.717) is 0 Å². The monoisotopic (exact) mass is 341 g/mol. The summed E-state index contributed by atoms with van der Waals surface area (Å²) in [4.78, 5) is 28.4. The minimum atomic E-state index is -0.631. The minimum Gasteiger partial charge on any atom is -0.455 e. The van der Waals surface area contributed by atoms with Gasteiger partial charge in [-0.1, -0.05) is 36.0 Å². The van der Waals surface area contributed by atoms with Crippen molar-refractivity contribution in [2.24, 2.45) is 5.41 Å². The van der Waals surface area contributed by atoms with Gasteiger partial charge in [-0.05, 0) is 45.0 Å². The van der Waals surface area contributed by atoms with Crippen molar-refractivity contribution in [3.05, 3.63) is 48.5 Å². The van der Waals surface area contributed by atoms with Gasteiger partial charge in [-0.15, -0.1) is 0 Å². The Kier molecular flexibility index (Phi) is 4.37. The quantitative estimate of drug-likeness (QED) is 0.759. The first-order valence-corrected chi connectivity index (χ1v) is 8.55. The van der Waals surface area contributed by atoms with Crippen molar-refractivity contribution in [1.29, 1.82) is 0 Å². The molecule has 0 saturated carbocycles. The Bertz CT molecular complexity index is 750. The lowest BCUT2D eigenvalue weighted by Crippen LogP contribution is -2.34. The fraction of sp³-hybridized carbons (Fsp3) is 0.263. The molecule has 5 heteroatoms. The van der Waals surface area contributed by atoms with Crippen molar-refractivity contribution in [1.82, 2.24) is 0 Å². The largest absolute Gasteiger partial charge is 0.455 e. The molecule has 0 saturated heterocycles. The standard InChI is InChI=1S/C19H19NO3S/c1-19(2,3)18(22)23-12-17(21)20-13-8-4-6-10-15(13)24-16-11-7-5-9-14(16)20/h4-11H,12H2,1-3H3. The third kappa shape index (κ3) is 3.17. The molecule has 4 nitrogen and oxygen atoms in total. The van der Waals surface area contributed by atoms with Gasteiger partial charge in [-0.3, -0.25) is 14.5 Å². The normalized spacial score (nSPS) is 13.0. The Morgan fingerprint density at radius 3 is 1.96 bits per heavy atom. The maximum atomic E-state index is 12.8. The average Bonchev–Trinajstić information content (AvgIpc) is 2.56. The number of hydrogen-bond acceptors (Lipinski definition) is 4. The van der Waals surface area contributed by atoms with Crippen LogP contribution in [-0.2, 0) is 14.3 Å². The van der Waals surface area contributed by atoms with Crippen molar-refractivity contribution >= 4 is 35.0 Å². The molecule has 0 spiro atoms. The van der Waals surface area contributed by atoms with E-state index < -0.39 is 5.41 Å². The molecule has 0 aliphatic carbocycles. The van der Waals surface area contributed by atoms with E-state index in [1.54, 1.807) is 37.4 Å². The molecule has 1 aliphatic heterocycles. The molecule has 2 aromatic carbocycles. The van der Waals surface area contributed by atoms with Gasteiger partial charge in [-0.25, -0.2) is 0 Å². The highest BCUT2D eigenvalue weighted by Crippen LogP contribution is 2.47. The third-order valence-corrected chi connectivity index (χ3v) is 4.75. The van der Waals surface area contributed by atoms with Crippen LogP contribution in [-0.4, -0.2) is 18.5 Å². The predicted molar refractivity (Wildman–Crippen MR) is 94.6 cm³/mol. The van der Waals surface area contributed by atoms with Crippen LogP contribution >= 0.6 is 11.8 Å². The zero-order chi connectivity index (χ0) is 17.3. The summed E-state index contributed by atoms with van der Waals surface area (Å²) in [6.45, 7) is 5.02. The van der Waals surface area contributed by atoms with Crippen molar-refractivity contribution < 1.29 is 14.3 Å². The number of carbonyl (C=O) groups excluding carboxylic acids is 2. The molecule has 24 heavy (non-hydrogen) atoms. The SMILES string of the molecule is CC(C)(C)C(=O)OCC(=O)N1c2ccccc2Sc2ccccc21. The molecule has 0 N–H and O–H groups in total. The van der Waals surface area contributed by atoms with Crippen molar-refractivity contribution in [2.75, 3.05) is 11.5 Å². The van der Waals surface area contributed by atoms with Crippen LogP contribution in [0.2, 0.25) is 0 Å². The van der Waals surface area contributed by atoms with Crippen LogP contribution in [0, 0.1) is 5.41 Å². The summed E-state index contributed by atoms with van der Waals surface area (Å²) < 4.78 is 5.21. The first kappa shape index (κ1) is 16.6. The molecule has 1 amide bonds. The Hall–Kier alpha value is -2.27. The van der Waals surface area contributed by atoms with Crippen molar-refractivity contribution in [3.8, 4) is 0 Å². The van der Waals surface area contributed by atoms with Gasteiger partial charge in [0.1, 0.15) is 0 Å². The topological polar surface area (TPSA) is 46.6 Å². The predicted octanol–water partition coefficient (Wildman–Crippen LogP) is 4.41. The molecule has 2 aromatic rings. The Morgan fingerprint density at radius 1 is 0.958 bits per heavy atom. The first-order chi connectivity index (χ1) is 11.4. The number of rotatable bonds is 2. The number of hydrogen-bond donors (Lipinski definition) is 0. The zero-order valence-electron chi connectivity index (χ0n) is 13.9. The van der Waals surface area contributed by atoms with E-state index >= 15 is 0 Å². The van der Waals surface area contributed by atoms with Gasteiger partial charge in [0, 0.05) is 9.79 Å². The molecule has 0 atom stereocenters. The first-order valence-electron chi connectivity index (χ1n) is 7.74. The molecule has 0 fully saturated rings. The fourth-order valence-electron chi connectivity index (χ4n) is 2.38. The van der Waals surface area contributed by atoms with Crippen LogP contribution in [0.15, 0.2) is 58.3 Å². The van der Waals surface area contributed by atoms with E-state index in [9.17, 15) is 9.59 Å². The minimum absolute atomic E-state index is 0.257. The third-order valence-electron chi connectivity index (χ3n) is 3.62. The molecule has 0 aromatic heterocycles. The van der Waals surface area contributed by atoms with Gasteiger partial charge in [0.2, 0.25) is 0 Å². The van der Waals surface area contributed by atoms with Gasteiger partial charge in [0.25, 0.3) is 5.91 Å². The van der Waals surface area contributed by atoms with Crippen LogP contribution in [0.1, 0.15) is 20.8 Å². The maximum absolute atomic E-state index is 12.8. The van der Waals surface area contributed by atoms with Crippen molar-refractivity contribution in [2.45, 2.75) is 30.6 Å². The molecule has 0 unspecified atom stereocenters. The van der Waals surface area contributed by atoms with E-state index in [4.69, 9.17) is 4.74 Å². The van der Waals surface area contributed by atoms with Gasteiger partial charge in [0.15, 0.2) is 6.61 Å². The van der Waals surface area contributed by atoms with E-state index in [-0.39, 0.29) is 18.5 Å². The van der Waals surface area contributed by atoms with Crippen molar-refractivity contribution in [3.63, 3.8) is 0 Å². The summed E-state index contributed by atoms with van der Waals surface area (Å²) in [6, 6.07) is 15.5. The molecule has 0 bridgehead atoms. The molecular weight excluding hydrogens is 322 g/mol. The number of amides is 1. The summed E-state index contributed by atoms with van der Waals surface area (Å²) >= 11 is 1.63. The average molecular weight is 341 g/mol. The summed E-state index contributed by atoms with van der Waals surface area (Å²) in [5.74, 6) is -0.642. The van der Waals surface area contributed by atoms with E-state index in [2.05, 4.69) is 0 Å². The number of esters is 1. The van der Waals surface area contributed by atoms with E-state index in [1.807, 2.05) is 48.5 Å². The summed E-state index contributed by atoms with van der Waals surface area (Å²) in [5, 5.41) is 0. The smallest absolute Gasteiger partial charge is 0.311 e. The highest BCUT2D eigenvalue weighted by atomic mass is 32.2. The highest BCUT2D eigenvalue weighted by Gasteiger charge is 2.30. The van der Waals surface area contributed by atoms with E-state index in [0.717, 1.165) is 21.2 Å². The number of benzene rings is 2.